The minimum Gasteiger partial charge on any atom is -0.316 e. The minimum absolute atomic E-state index is 0.527. The molecule has 1 N–H and O–H groups in total. The molecule has 15 heavy (non-hydrogen) atoms. The summed E-state index contributed by atoms with van der Waals surface area (Å²) < 4.78 is 0. The first-order valence-corrected chi connectivity index (χ1v) is 6.23. The number of hydrogen-bond acceptors (Lipinski definition) is 2. The van der Waals surface area contributed by atoms with E-state index in [9.17, 15) is 0 Å². The lowest BCUT2D eigenvalue weighted by Crippen LogP contribution is -2.31. The second kappa shape index (κ2) is 4.42. The standard InChI is InChI=1S/C13H28N2/c1-7-14-8-9-15(6)10-11-12(2,3)13(11,4)5/h11,14H,7-10H2,1-6H3. The lowest BCUT2D eigenvalue weighted by molar-refractivity contribution is 0.296. The molecule has 1 rings (SSSR count). The third-order valence-corrected chi connectivity index (χ3v) is 4.73. The van der Waals surface area contributed by atoms with Crippen molar-refractivity contribution in [3.63, 3.8) is 0 Å². The van der Waals surface area contributed by atoms with Gasteiger partial charge in [0, 0.05) is 19.6 Å². The highest BCUT2D eigenvalue weighted by molar-refractivity contribution is 5.12. The Morgan fingerprint density at radius 2 is 1.67 bits per heavy atom. The van der Waals surface area contributed by atoms with Crippen LogP contribution < -0.4 is 5.32 Å². The molecule has 0 amide bonds. The molecule has 0 bridgehead atoms. The van der Waals surface area contributed by atoms with Gasteiger partial charge in [-0.2, -0.15) is 0 Å². The van der Waals surface area contributed by atoms with E-state index in [0.29, 0.717) is 10.8 Å². The quantitative estimate of drug-likeness (QED) is 0.679. The third kappa shape index (κ3) is 2.54. The Bertz CT molecular complexity index is 195. The maximum absolute atomic E-state index is 3.37. The summed E-state index contributed by atoms with van der Waals surface area (Å²) in [5.74, 6) is 0.858. The average molecular weight is 212 g/mol. The second-order valence-electron chi connectivity index (χ2n) is 6.11. The van der Waals surface area contributed by atoms with Gasteiger partial charge in [-0.15, -0.1) is 0 Å². The fourth-order valence-electron chi connectivity index (χ4n) is 2.64. The third-order valence-electron chi connectivity index (χ3n) is 4.73. The van der Waals surface area contributed by atoms with Crippen molar-refractivity contribution in [2.45, 2.75) is 34.6 Å². The van der Waals surface area contributed by atoms with Crippen LogP contribution in [-0.2, 0) is 0 Å². The smallest absolute Gasteiger partial charge is 0.0104 e. The molecule has 0 aromatic carbocycles. The molecule has 0 spiro atoms. The minimum atomic E-state index is 0.527. The highest BCUT2D eigenvalue weighted by Gasteiger charge is 2.64. The molecule has 1 aliphatic rings. The zero-order chi connectivity index (χ0) is 11.7. The SMILES string of the molecule is CCNCCN(C)CC1C(C)(C)C1(C)C. The Hall–Kier alpha value is -0.0800. The molecule has 0 unspecified atom stereocenters. The molecule has 0 atom stereocenters. The molecule has 0 saturated heterocycles. The molecule has 0 aromatic heterocycles. The van der Waals surface area contributed by atoms with Crippen molar-refractivity contribution in [1.29, 1.82) is 0 Å². The predicted octanol–water partition coefficient (Wildman–Crippen LogP) is 2.21. The first-order valence-electron chi connectivity index (χ1n) is 6.23. The number of nitrogens with zero attached hydrogens (tertiary/aromatic N) is 1. The van der Waals surface area contributed by atoms with Crippen LogP contribution in [0.5, 0.6) is 0 Å². The van der Waals surface area contributed by atoms with E-state index in [2.05, 4.69) is 51.9 Å². The van der Waals surface area contributed by atoms with Crippen LogP contribution in [0.1, 0.15) is 34.6 Å². The van der Waals surface area contributed by atoms with Gasteiger partial charge in [0.2, 0.25) is 0 Å². The van der Waals surface area contributed by atoms with Gasteiger partial charge in [-0.25, -0.2) is 0 Å². The van der Waals surface area contributed by atoms with E-state index in [1.165, 1.54) is 6.54 Å². The van der Waals surface area contributed by atoms with E-state index in [0.717, 1.165) is 25.6 Å². The average Bonchev–Trinajstić information content (AvgIpc) is 2.49. The Morgan fingerprint density at radius 1 is 1.13 bits per heavy atom. The Balaban J connectivity index is 2.26. The Morgan fingerprint density at radius 3 is 2.07 bits per heavy atom. The van der Waals surface area contributed by atoms with Gasteiger partial charge in [0.15, 0.2) is 0 Å². The Kier molecular flexibility index (Phi) is 3.83. The van der Waals surface area contributed by atoms with Gasteiger partial charge in [0.1, 0.15) is 0 Å². The van der Waals surface area contributed by atoms with Gasteiger partial charge < -0.3 is 10.2 Å². The largest absolute Gasteiger partial charge is 0.316 e. The molecule has 0 heterocycles. The van der Waals surface area contributed by atoms with Gasteiger partial charge in [0.05, 0.1) is 0 Å². The molecule has 0 aromatic rings. The maximum Gasteiger partial charge on any atom is 0.0104 e. The van der Waals surface area contributed by atoms with Crippen LogP contribution in [0.3, 0.4) is 0 Å². The first-order chi connectivity index (χ1) is 6.84. The summed E-state index contributed by atoms with van der Waals surface area (Å²) in [4.78, 5) is 2.46. The van der Waals surface area contributed by atoms with E-state index < -0.39 is 0 Å². The van der Waals surface area contributed by atoms with Crippen molar-refractivity contribution in [1.82, 2.24) is 10.2 Å². The van der Waals surface area contributed by atoms with Crippen LogP contribution in [0.25, 0.3) is 0 Å². The van der Waals surface area contributed by atoms with Gasteiger partial charge in [-0.05, 0) is 30.3 Å². The van der Waals surface area contributed by atoms with Crippen LogP contribution in [0.2, 0.25) is 0 Å². The van der Waals surface area contributed by atoms with Crippen molar-refractivity contribution in [2.24, 2.45) is 16.7 Å². The monoisotopic (exact) mass is 212 g/mol. The number of rotatable bonds is 6. The summed E-state index contributed by atoms with van der Waals surface area (Å²) in [6, 6.07) is 0. The molecule has 1 aliphatic carbocycles. The van der Waals surface area contributed by atoms with Gasteiger partial charge >= 0.3 is 0 Å². The molecule has 90 valence electrons. The van der Waals surface area contributed by atoms with Crippen LogP contribution >= 0.6 is 0 Å². The lowest BCUT2D eigenvalue weighted by atomic mass is 10.0. The van der Waals surface area contributed by atoms with Crippen molar-refractivity contribution in [3.8, 4) is 0 Å². The van der Waals surface area contributed by atoms with Crippen molar-refractivity contribution < 1.29 is 0 Å². The highest BCUT2D eigenvalue weighted by Crippen LogP contribution is 2.68. The van der Waals surface area contributed by atoms with E-state index in [1.54, 1.807) is 0 Å². The second-order valence-corrected chi connectivity index (χ2v) is 6.11. The molecule has 0 aliphatic heterocycles. The normalized spacial score (nSPS) is 23.4. The lowest BCUT2D eigenvalue weighted by Gasteiger charge is -2.17. The zero-order valence-corrected chi connectivity index (χ0v) is 11.4. The van der Waals surface area contributed by atoms with Crippen LogP contribution in [0.4, 0.5) is 0 Å². The first kappa shape index (κ1) is 13.0. The maximum atomic E-state index is 3.37. The number of hydrogen-bond donors (Lipinski definition) is 1. The fraction of sp³-hybridized carbons (Fsp3) is 1.00. The Labute approximate surface area is 95.4 Å². The zero-order valence-electron chi connectivity index (χ0n) is 11.4. The van der Waals surface area contributed by atoms with E-state index >= 15 is 0 Å². The summed E-state index contributed by atoms with van der Waals surface area (Å²) in [6.45, 7) is 16.3. The summed E-state index contributed by atoms with van der Waals surface area (Å²) >= 11 is 0. The molecule has 2 nitrogen and oxygen atoms in total. The van der Waals surface area contributed by atoms with Crippen LogP contribution in [0, 0.1) is 16.7 Å². The highest BCUT2D eigenvalue weighted by atomic mass is 15.1. The molecular weight excluding hydrogens is 184 g/mol. The topological polar surface area (TPSA) is 15.3 Å². The molecule has 1 saturated carbocycles. The molecule has 2 heteroatoms. The summed E-state index contributed by atoms with van der Waals surface area (Å²) in [5, 5.41) is 3.37. The number of likely N-dealkylation sites (N-methyl/N-ethyl adjacent to an activating group) is 2. The van der Waals surface area contributed by atoms with Crippen molar-refractivity contribution in [2.75, 3.05) is 33.2 Å². The summed E-state index contributed by atoms with van der Waals surface area (Å²) in [6.07, 6.45) is 0. The molecule has 1 fully saturated rings. The van der Waals surface area contributed by atoms with E-state index in [-0.39, 0.29) is 0 Å². The predicted molar refractivity (Wildman–Crippen MR) is 67.1 cm³/mol. The summed E-state index contributed by atoms with van der Waals surface area (Å²) in [7, 11) is 2.24. The van der Waals surface area contributed by atoms with E-state index in [1.807, 2.05) is 0 Å². The fourth-order valence-corrected chi connectivity index (χ4v) is 2.64. The van der Waals surface area contributed by atoms with E-state index in [4.69, 9.17) is 0 Å². The van der Waals surface area contributed by atoms with Crippen LogP contribution in [0.15, 0.2) is 0 Å². The van der Waals surface area contributed by atoms with Crippen molar-refractivity contribution >= 4 is 0 Å². The van der Waals surface area contributed by atoms with Gasteiger partial charge in [-0.3, -0.25) is 0 Å². The van der Waals surface area contributed by atoms with Gasteiger partial charge in [-0.1, -0.05) is 34.6 Å². The van der Waals surface area contributed by atoms with Crippen LogP contribution in [-0.4, -0.2) is 38.1 Å². The van der Waals surface area contributed by atoms with Crippen molar-refractivity contribution in [3.05, 3.63) is 0 Å². The molecular formula is C13H28N2. The molecule has 0 radical (unpaired) electrons. The van der Waals surface area contributed by atoms with Gasteiger partial charge in [0.25, 0.3) is 0 Å². The summed E-state index contributed by atoms with van der Waals surface area (Å²) in [5.41, 5.74) is 1.05. The number of nitrogens with one attached hydrogen (secondary N) is 1.